The third kappa shape index (κ3) is 1.55. The summed E-state index contributed by atoms with van der Waals surface area (Å²) in [6, 6.07) is 0. The van der Waals surface area contributed by atoms with E-state index in [1.807, 2.05) is 0 Å². The summed E-state index contributed by atoms with van der Waals surface area (Å²) < 4.78 is 4.84. The molecule has 0 saturated carbocycles. The molecule has 66 valence electrons. The van der Waals surface area contributed by atoms with Crippen molar-refractivity contribution in [2.45, 2.75) is 6.42 Å². The SMILES string of the molecule is O=C(O)C(C(=O)O)C1=CCCO1. The van der Waals surface area contributed by atoms with Crippen LogP contribution in [0.25, 0.3) is 0 Å². The highest BCUT2D eigenvalue weighted by molar-refractivity contribution is 5.95. The minimum atomic E-state index is -1.55. The molecular weight excluding hydrogens is 164 g/mol. The van der Waals surface area contributed by atoms with E-state index in [2.05, 4.69) is 0 Å². The van der Waals surface area contributed by atoms with Crippen LogP contribution in [-0.2, 0) is 14.3 Å². The molecule has 2 N–H and O–H groups in total. The van der Waals surface area contributed by atoms with Gasteiger partial charge in [-0.2, -0.15) is 0 Å². The third-order valence-electron chi connectivity index (χ3n) is 1.51. The van der Waals surface area contributed by atoms with Gasteiger partial charge in [0.25, 0.3) is 0 Å². The van der Waals surface area contributed by atoms with Gasteiger partial charge in [-0.15, -0.1) is 0 Å². The summed E-state index contributed by atoms with van der Waals surface area (Å²) >= 11 is 0. The lowest BCUT2D eigenvalue weighted by atomic mass is 10.1. The second kappa shape index (κ2) is 3.25. The van der Waals surface area contributed by atoms with Crippen LogP contribution in [-0.4, -0.2) is 28.8 Å². The highest BCUT2D eigenvalue weighted by atomic mass is 16.5. The Morgan fingerprint density at radius 3 is 2.33 bits per heavy atom. The Morgan fingerprint density at radius 1 is 1.42 bits per heavy atom. The first-order valence-electron chi connectivity index (χ1n) is 3.41. The summed E-state index contributed by atoms with van der Waals surface area (Å²) in [6.45, 7) is 0.367. The summed E-state index contributed by atoms with van der Waals surface area (Å²) in [5.74, 6) is -4.30. The van der Waals surface area contributed by atoms with Gasteiger partial charge in [0.1, 0.15) is 5.76 Å². The first-order valence-corrected chi connectivity index (χ1v) is 3.41. The number of aliphatic carboxylic acids is 2. The van der Waals surface area contributed by atoms with Gasteiger partial charge in [0.15, 0.2) is 0 Å². The second-order valence-electron chi connectivity index (χ2n) is 2.35. The van der Waals surface area contributed by atoms with Crippen LogP contribution in [0.5, 0.6) is 0 Å². The van der Waals surface area contributed by atoms with E-state index in [9.17, 15) is 9.59 Å². The summed E-state index contributed by atoms with van der Waals surface area (Å²) in [5.41, 5.74) is 0. The minimum Gasteiger partial charge on any atom is -0.496 e. The average molecular weight is 172 g/mol. The van der Waals surface area contributed by atoms with E-state index in [0.717, 1.165) is 0 Å². The van der Waals surface area contributed by atoms with Crippen molar-refractivity contribution in [2.75, 3.05) is 6.61 Å². The van der Waals surface area contributed by atoms with Gasteiger partial charge in [0.05, 0.1) is 6.61 Å². The Morgan fingerprint density at radius 2 is 2.00 bits per heavy atom. The maximum absolute atomic E-state index is 10.4. The molecule has 0 aliphatic carbocycles. The number of ether oxygens (including phenoxy) is 1. The van der Waals surface area contributed by atoms with Gasteiger partial charge in [-0.25, -0.2) is 0 Å². The van der Waals surface area contributed by atoms with Gasteiger partial charge in [-0.05, 0) is 6.08 Å². The molecule has 1 heterocycles. The lowest BCUT2D eigenvalue weighted by Crippen LogP contribution is -2.25. The van der Waals surface area contributed by atoms with Crippen molar-refractivity contribution in [3.05, 3.63) is 11.8 Å². The van der Waals surface area contributed by atoms with Crippen LogP contribution in [0, 0.1) is 5.92 Å². The highest BCUT2D eigenvalue weighted by Crippen LogP contribution is 2.19. The van der Waals surface area contributed by atoms with E-state index in [0.29, 0.717) is 13.0 Å². The standard InChI is InChI=1S/C7H8O5/c8-6(9)5(7(10)11)4-2-1-3-12-4/h2,5H,1,3H2,(H,8,9)(H,10,11). The number of carboxylic acid groups (broad SMARTS) is 2. The van der Waals surface area contributed by atoms with Gasteiger partial charge in [-0.3, -0.25) is 9.59 Å². The molecule has 1 aliphatic heterocycles. The van der Waals surface area contributed by atoms with E-state index < -0.39 is 17.9 Å². The summed E-state index contributed by atoms with van der Waals surface area (Å²) in [7, 11) is 0. The molecule has 0 aromatic heterocycles. The van der Waals surface area contributed by atoms with E-state index in [-0.39, 0.29) is 5.76 Å². The largest absolute Gasteiger partial charge is 0.496 e. The van der Waals surface area contributed by atoms with Crippen molar-refractivity contribution in [2.24, 2.45) is 5.92 Å². The monoisotopic (exact) mass is 172 g/mol. The molecule has 0 amide bonds. The fourth-order valence-electron chi connectivity index (χ4n) is 0.987. The van der Waals surface area contributed by atoms with Gasteiger partial charge in [-0.1, -0.05) is 0 Å². The summed E-state index contributed by atoms with van der Waals surface area (Å²) in [4.78, 5) is 20.9. The molecule has 12 heavy (non-hydrogen) atoms. The Labute approximate surface area is 68.3 Å². The number of carbonyl (C=O) groups is 2. The quantitative estimate of drug-likeness (QED) is 0.589. The van der Waals surface area contributed by atoms with E-state index in [4.69, 9.17) is 14.9 Å². The van der Waals surface area contributed by atoms with Crippen LogP contribution in [0.4, 0.5) is 0 Å². The minimum absolute atomic E-state index is 0.0370. The smallest absolute Gasteiger partial charge is 0.325 e. The molecule has 0 bridgehead atoms. The molecular formula is C7H8O5. The molecule has 0 unspecified atom stereocenters. The number of rotatable bonds is 3. The van der Waals surface area contributed by atoms with Crippen molar-refractivity contribution in [3.63, 3.8) is 0 Å². The fourth-order valence-corrected chi connectivity index (χ4v) is 0.987. The zero-order valence-corrected chi connectivity index (χ0v) is 6.19. The molecule has 5 heteroatoms. The van der Waals surface area contributed by atoms with Crippen LogP contribution >= 0.6 is 0 Å². The van der Waals surface area contributed by atoms with Crippen molar-refractivity contribution in [1.29, 1.82) is 0 Å². The topological polar surface area (TPSA) is 83.8 Å². The van der Waals surface area contributed by atoms with Crippen LogP contribution in [0.15, 0.2) is 11.8 Å². The first-order chi connectivity index (χ1) is 5.63. The van der Waals surface area contributed by atoms with Crippen LogP contribution in [0.2, 0.25) is 0 Å². The van der Waals surface area contributed by atoms with Crippen molar-refractivity contribution in [3.8, 4) is 0 Å². The Kier molecular flexibility index (Phi) is 2.32. The molecule has 5 nitrogen and oxygen atoms in total. The lowest BCUT2D eigenvalue weighted by molar-refractivity contribution is -0.154. The molecule has 1 rings (SSSR count). The normalized spacial score (nSPS) is 15.6. The third-order valence-corrected chi connectivity index (χ3v) is 1.51. The van der Waals surface area contributed by atoms with E-state index >= 15 is 0 Å². The van der Waals surface area contributed by atoms with Crippen molar-refractivity contribution < 1.29 is 24.5 Å². The van der Waals surface area contributed by atoms with Crippen LogP contribution in [0.1, 0.15) is 6.42 Å². The maximum Gasteiger partial charge on any atom is 0.325 e. The predicted molar refractivity (Wildman–Crippen MR) is 37.4 cm³/mol. The maximum atomic E-state index is 10.4. The Balaban J connectivity index is 2.78. The molecule has 0 spiro atoms. The molecule has 0 aromatic carbocycles. The molecule has 0 fully saturated rings. The molecule has 0 atom stereocenters. The van der Waals surface area contributed by atoms with Crippen molar-refractivity contribution >= 4 is 11.9 Å². The molecule has 0 radical (unpaired) electrons. The lowest BCUT2D eigenvalue weighted by Gasteiger charge is -2.07. The second-order valence-corrected chi connectivity index (χ2v) is 2.35. The number of hydrogen-bond acceptors (Lipinski definition) is 3. The van der Waals surface area contributed by atoms with Gasteiger partial charge >= 0.3 is 11.9 Å². The van der Waals surface area contributed by atoms with Gasteiger partial charge < -0.3 is 14.9 Å². The molecule has 1 aliphatic rings. The Bertz CT molecular complexity index is 228. The molecule has 0 aromatic rings. The zero-order chi connectivity index (χ0) is 9.14. The van der Waals surface area contributed by atoms with Gasteiger partial charge in [0, 0.05) is 6.42 Å². The van der Waals surface area contributed by atoms with Crippen LogP contribution in [0.3, 0.4) is 0 Å². The summed E-state index contributed by atoms with van der Waals surface area (Å²) in [6.07, 6.45) is 2.07. The van der Waals surface area contributed by atoms with Gasteiger partial charge in [0.2, 0.25) is 5.92 Å². The molecule has 0 saturated heterocycles. The van der Waals surface area contributed by atoms with Crippen LogP contribution < -0.4 is 0 Å². The number of hydrogen-bond donors (Lipinski definition) is 2. The highest BCUT2D eigenvalue weighted by Gasteiger charge is 2.32. The Hall–Kier alpha value is -1.52. The average Bonchev–Trinajstić information content (AvgIpc) is 2.37. The fraction of sp³-hybridized carbons (Fsp3) is 0.429. The van der Waals surface area contributed by atoms with Crippen molar-refractivity contribution in [1.82, 2.24) is 0 Å². The first kappa shape index (κ1) is 8.58. The predicted octanol–water partition coefficient (Wildman–Crippen LogP) is 0.0760. The number of carboxylic acids is 2. The van der Waals surface area contributed by atoms with E-state index in [1.54, 1.807) is 0 Å². The van der Waals surface area contributed by atoms with E-state index in [1.165, 1.54) is 6.08 Å². The summed E-state index contributed by atoms with van der Waals surface area (Å²) in [5, 5.41) is 17.0. The zero-order valence-electron chi connectivity index (χ0n) is 6.19.